The highest BCUT2D eigenvalue weighted by molar-refractivity contribution is 8.00. The van der Waals surface area contributed by atoms with E-state index in [4.69, 9.17) is 9.84 Å². The number of hydrogen-bond acceptors (Lipinski definition) is 7. The van der Waals surface area contributed by atoms with Crippen LogP contribution in [0.4, 0.5) is 24.0 Å². The molecule has 0 aliphatic carbocycles. The maximum atomic E-state index is 12.9. The number of anilines is 2. The minimum absolute atomic E-state index is 0.135. The number of benzene rings is 2. The van der Waals surface area contributed by atoms with E-state index in [0.29, 0.717) is 18.0 Å². The number of ether oxygens (including phenoxy) is 1. The minimum Gasteiger partial charge on any atom is -0.495 e. The predicted molar refractivity (Wildman–Crippen MR) is 127 cm³/mol. The second-order valence-corrected chi connectivity index (χ2v) is 9.46. The molecule has 2 aromatic carbocycles. The molecule has 0 saturated carbocycles. The highest BCUT2D eigenvalue weighted by Gasteiger charge is 2.31. The first-order valence-corrected chi connectivity index (χ1v) is 12.2. The Morgan fingerprint density at radius 3 is 2.71 bits per heavy atom. The maximum Gasteiger partial charge on any atom is 0.416 e. The predicted octanol–water partition coefficient (Wildman–Crippen LogP) is 6.37. The van der Waals surface area contributed by atoms with E-state index >= 15 is 0 Å². The molecule has 1 fully saturated rings. The van der Waals surface area contributed by atoms with Crippen molar-refractivity contribution in [2.24, 2.45) is 0 Å². The van der Waals surface area contributed by atoms with Crippen LogP contribution < -0.4 is 14.4 Å². The van der Waals surface area contributed by atoms with Crippen molar-refractivity contribution in [1.29, 1.82) is 0 Å². The van der Waals surface area contributed by atoms with E-state index in [1.165, 1.54) is 42.5 Å². The standard InChI is InChI=1S/C23H22F3N3O3S2/c1-32-19-11-15(21(30)31)6-9-18(19)28-34-20-13-33-22(27-20)29-10-2-3-16(12-29)14-4-7-17(8-5-14)23(24,25)26/h4-9,11,13,16,28H,2-3,10,12H2,1H3,(H,30,31). The molecule has 2 heterocycles. The number of aromatic nitrogens is 1. The number of piperidine rings is 1. The molecule has 0 radical (unpaired) electrons. The molecule has 1 aromatic heterocycles. The first kappa shape index (κ1) is 24.2. The Kier molecular flexibility index (Phi) is 7.22. The molecule has 1 atom stereocenters. The van der Waals surface area contributed by atoms with Crippen LogP contribution in [0.3, 0.4) is 0 Å². The fraction of sp³-hybridized carbons (Fsp3) is 0.304. The zero-order chi connectivity index (χ0) is 24.3. The monoisotopic (exact) mass is 509 g/mol. The summed E-state index contributed by atoms with van der Waals surface area (Å²) in [6.07, 6.45) is -2.48. The van der Waals surface area contributed by atoms with Gasteiger partial charge in [-0.2, -0.15) is 13.2 Å². The topological polar surface area (TPSA) is 74.7 Å². The van der Waals surface area contributed by atoms with E-state index < -0.39 is 17.7 Å². The lowest BCUT2D eigenvalue weighted by Gasteiger charge is -2.32. The van der Waals surface area contributed by atoms with Gasteiger partial charge in [0.1, 0.15) is 10.8 Å². The first-order valence-electron chi connectivity index (χ1n) is 10.5. The lowest BCUT2D eigenvalue weighted by Crippen LogP contribution is -2.34. The van der Waals surface area contributed by atoms with Gasteiger partial charge in [0.2, 0.25) is 0 Å². The van der Waals surface area contributed by atoms with Crippen molar-refractivity contribution in [2.75, 3.05) is 29.8 Å². The summed E-state index contributed by atoms with van der Waals surface area (Å²) in [5.41, 5.74) is 1.04. The van der Waals surface area contributed by atoms with Crippen molar-refractivity contribution >= 4 is 40.1 Å². The van der Waals surface area contributed by atoms with Crippen LogP contribution in [0.5, 0.6) is 5.75 Å². The highest BCUT2D eigenvalue weighted by Crippen LogP contribution is 2.36. The maximum absolute atomic E-state index is 12.9. The fourth-order valence-electron chi connectivity index (χ4n) is 3.83. The molecule has 34 heavy (non-hydrogen) atoms. The van der Waals surface area contributed by atoms with Gasteiger partial charge >= 0.3 is 12.1 Å². The molecule has 11 heteroatoms. The van der Waals surface area contributed by atoms with Gasteiger partial charge in [-0.25, -0.2) is 9.78 Å². The van der Waals surface area contributed by atoms with Gasteiger partial charge in [0.15, 0.2) is 5.13 Å². The van der Waals surface area contributed by atoms with Crippen LogP contribution in [-0.4, -0.2) is 36.3 Å². The van der Waals surface area contributed by atoms with E-state index in [0.717, 1.165) is 47.2 Å². The summed E-state index contributed by atoms with van der Waals surface area (Å²) in [6.45, 7) is 1.54. The van der Waals surface area contributed by atoms with Gasteiger partial charge in [0.25, 0.3) is 0 Å². The van der Waals surface area contributed by atoms with Gasteiger partial charge in [-0.3, -0.25) is 0 Å². The number of halogens is 3. The summed E-state index contributed by atoms with van der Waals surface area (Å²) in [4.78, 5) is 18.0. The molecular formula is C23H22F3N3O3S2. The van der Waals surface area contributed by atoms with Crippen LogP contribution in [0.15, 0.2) is 52.9 Å². The van der Waals surface area contributed by atoms with Crippen molar-refractivity contribution in [3.05, 3.63) is 64.5 Å². The van der Waals surface area contributed by atoms with Crippen LogP contribution in [0.25, 0.3) is 0 Å². The zero-order valence-electron chi connectivity index (χ0n) is 18.1. The van der Waals surface area contributed by atoms with Gasteiger partial charge in [-0.05, 0) is 48.7 Å². The number of aromatic carboxylic acids is 1. The average molecular weight is 510 g/mol. The average Bonchev–Trinajstić information content (AvgIpc) is 3.31. The van der Waals surface area contributed by atoms with Gasteiger partial charge in [-0.15, -0.1) is 11.3 Å². The molecular weight excluding hydrogens is 487 g/mol. The number of hydrogen-bond donors (Lipinski definition) is 2. The number of carbonyl (C=O) groups is 1. The molecule has 6 nitrogen and oxygen atoms in total. The molecule has 1 unspecified atom stereocenters. The molecule has 0 spiro atoms. The Morgan fingerprint density at radius 1 is 1.26 bits per heavy atom. The second kappa shape index (κ2) is 10.1. The fourth-order valence-corrected chi connectivity index (χ4v) is 5.46. The number of thiazole rings is 1. The van der Waals surface area contributed by atoms with Crippen molar-refractivity contribution in [1.82, 2.24) is 4.98 Å². The largest absolute Gasteiger partial charge is 0.495 e. The van der Waals surface area contributed by atoms with Crippen molar-refractivity contribution < 1.29 is 27.8 Å². The molecule has 1 saturated heterocycles. The Labute approximate surface area is 202 Å². The molecule has 4 rings (SSSR count). The third-order valence-electron chi connectivity index (χ3n) is 5.59. The van der Waals surface area contributed by atoms with Gasteiger partial charge in [0.05, 0.1) is 23.9 Å². The van der Waals surface area contributed by atoms with Crippen LogP contribution in [-0.2, 0) is 6.18 Å². The number of nitrogens with one attached hydrogen (secondary N) is 1. The van der Waals surface area contributed by atoms with E-state index in [2.05, 4.69) is 14.6 Å². The van der Waals surface area contributed by atoms with Crippen molar-refractivity contribution in [3.63, 3.8) is 0 Å². The molecule has 1 aliphatic rings. The minimum atomic E-state index is -4.33. The third kappa shape index (κ3) is 5.58. The molecule has 0 bridgehead atoms. The number of rotatable bonds is 7. The second-order valence-electron chi connectivity index (χ2n) is 7.80. The number of nitrogens with zero attached hydrogens (tertiary/aromatic N) is 2. The quantitative estimate of drug-likeness (QED) is 0.359. The summed E-state index contributed by atoms with van der Waals surface area (Å²) >= 11 is 2.80. The first-order chi connectivity index (χ1) is 16.2. The van der Waals surface area contributed by atoms with Gasteiger partial charge in [0, 0.05) is 36.3 Å². The van der Waals surface area contributed by atoms with Crippen LogP contribution in [0.2, 0.25) is 0 Å². The summed E-state index contributed by atoms with van der Waals surface area (Å²) in [5, 5.41) is 12.7. The Hall–Kier alpha value is -2.92. The molecule has 180 valence electrons. The lowest BCUT2D eigenvalue weighted by atomic mass is 9.90. The summed E-state index contributed by atoms with van der Waals surface area (Å²) < 4.78 is 47.0. The summed E-state index contributed by atoms with van der Waals surface area (Å²) in [5.74, 6) is -0.470. The van der Waals surface area contributed by atoms with Crippen LogP contribution in [0, 0.1) is 0 Å². The Balaban J connectivity index is 1.39. The number of methoxy groups -OCH3 is 1. The van der Waals surface area contributed by atoms with Crippen molar-refractivity contribution in [3.8, 4) is 5.75 Å². The van der Waals surface area contributed by atoms with Crippen molar-refractivity contribution in [2.45, 2.75) is 30.0 Å². The number of alkyl halides is 3. The summed E-state index contributed by atoms with van der Waals surface area (Å²) in [6, 6.07) is 10.0. The van der Waals surface area contributed by atoms with Gasteiger partial charge < -0.3 is 19.5 Å². The van der Waals surface area contributed by atoms with Crippen LogP contribution >= 0.6 is 23.3 Å². The van der Waals surface area contributed by atoms with E-state index in [1.807, 2.05) is 5.38 Å². The van der Waals surface area contributed by atoms with E-state index in [1.54, 1.807) is 18.2 Å². The van der Waals surface area contributed by atoms with Crippen LogP contribution in [0.1, 0.15) is 40.2 Å². The smallest absolute Gasteiger partial charge is 0.416 e. The number of carboxylic acids is 1. The van der Waals surface area contributed by atoms with E-state index in [9.17, 15) is 18.0 Å². The molecule has 0 amide bonds. The number of carboxylic acid groups (broad SMARTS) is 1. The zero-order valence-corrected chi connectivity index (χ0v) is 19.8. The normalized spacial score (nSPS) is 16.4. The Morgan fingerprint density at radius 2 is 2.03 bits per heavy atom. The summed E-state index contributed by atoms with van der Waals surface area (Å²) in [7, 11) is 1.47. The lowest BCUT2D eigenvalue weighted by molar-refractivity contribution is -0.137. The third-order valence-corrected chi connectivity index (χ3v) is 7.38. The van der Waals surface area contributed by atoms with Gasteiger partial charge in [-0.1, -0.05) is 12.1 Å². The highest BCUT2D eigenvalue weighted by atomic mass is 32.2. The SMILES string of the molecule is COc1cc(C(=O)O)ccc1NSc1csc(N2CCCC(c3ccc(C(F)(F)F)cc3)C2)n1. The van der Waals surface area contributed by atoms with E-state index in [-0.39, 0.29) is 11.5 Å². The molecule has 3 aromatic rings. The molecule has 1 aliphatic heterocycles. The molecule has 2 N–H and O–H groups in total. The Bertz CT molecular complexity index is 1150.